The third-order valence-corrected chi connectivity index (χ3v) is 4.03. The summed E-state index contributed by atoms with van der Waals surface area (Å²) in [5.74, 6) is -3.97. The van der Waals surface area contributed by atoms with Gasteiger partial charge in [-0.25, -0.2) is 21.6 Å². The summed E-state index contributed by atoms with van der Waals surface area (Å²) in [4.78, 5) is 0. The highest BCUT2D eigenvalue weighted by atomic mass is 79.9. The van der Waals surface area contributed by atoms with Gasteiger partial charge in [0, 0.05) is 12.1 Å². The third-order valence-electron chi connectivity index (χ3n) is 1.40. The number of anilines is 1. The number of nitrogens with one attached hydrogen (secondary N) is 1. The fourth-order valence-corrected chi connectivity index (χ4v) is 1.71. The molecule has 1 N–H and O–H groups in total. The second-order valence-electron chi connectivity index (χ2n) is 2.58. The van der Waals surface area contributed by atoms with Crippen LogP contribution in [0, 0.1) is 17.5 Å². The zero-order chi connectivity index (χ0) is 11.6. The molecule has 0 atom stereocenters. The summed E-state index contributed by atoms with van der Waals surface area (Å²) in [6, 6.07) is 0.875. The number of sulfonamides is 1. The van der Waals surface area contributed by atoms with Crippen molar-refractivity contribution in [3.05, 3.63) is 29.6 Å². The molecule has 0 bridgehead atoms. The van der Waals surface area contributed by atoms with Gasteiger partial charge in [-0.2, -0.15) is 0 Å². The molecule has 15 heavy (non-hydrogen) atoms. The molecule has 0 amide bonds. The van der Waals surface area contributed by atoms with E-state index in [4.69, 9.17) is 0 Å². The number of halogens is 4. The van der Waals surface area contributed by atoms with E-state index in [0.29, 0.717) is 12.1 Å². The summed E-state index contributed by atoms with van der Waals surface area (Å²) >= 11 is 2.63. The van der Waals surface area contributed by atoms with Crippen molar-refractivity contribution in [2.45, 2.75) is 0 Å². The molecule has 84 valence electrons. The predicted octanol–water partition coefficient (Wildman–Crippen LogP) is 2.20. The molecule has 3 nitrogen and oxygen atoms in total. The van der Waals surface area contributed by atoms with Crippen LogP contribution in [0.2, 0.25) is 0 Å². The van der Waals surface area contributed by atoms with E-state index in [-0.39, 0.29) is 0 Å². The van der Waals surface area contributed by atoms with E-state index < -0.39 is 37.8 Å². The van der Waals surface area contributed by atoms with Gasteiger partial charge in [0.05, 0.1) is 5.69 Å². The van der Waals surface area contributed by atoms with Gasteiger partial charge in [-0.15, -0.1) is 0 Å². The molecule has 0 radical (unpaired) electrons. The first-order valence-electron chi connectivity index (χ1n) is 3.57. The lowest BCUT2D eigenvalue weighted by Gasteiger charge is -2.06. The van der Waals surface area contributed by atoms with Gasteiger partial charge in [0.15, 0.2) is 11.6 Å². The van der Waals surface area contributed by atoms with Gasteiger partial charge < -0.3 is 0 Å². The molecule has 0 heterocycles. The maximum atomic E-state index is 13.0. The highest BCUT2D eigenvalue weighted by Crippen LogP contribution is 2.20. The van der Waals surface area contributed by atoms with Crippen molar-refractivity contribution in [3.63, 3.8) is 0 Å². The lowest BCUT2D eigenvalue weighted by Crippen LogP contribution is -2.15. The van der Waals surface area contributed by atoms with Crippen LogP contribution in [-0.4, -0.2) is 13.1 Å². The Kier molecular flexibility index (Phi) is 3.61. The molecule has 0 fully saturated rings. The maximum absolute atomic E-state index is 13.0. The van der Waals surface area contributed by atoms with Crippen LogP contribution >= 0.6 is 15.9 Å². The highest BCUT2D eigenvalue weighted by Gasteiger charge is 2.15. The van der Waals surface area contributed by atoms with E-state index >= 15 is 0 Å². The summed E-state index contributed by atoms with van der Waals surface area (Å²) in [6.45, 7) is 0. The first-order chi connectivity index (χ1) is 6.85. The Morgan fingerprint density at radius 1 is 1.27 bits per heavy atom. The molecule has 0 aliphatic heterocycles. The van der Waals surface area contributed by atoms with Crippen molar-refractivity contribution in [3.8, 4) is 0 Å². The van der Waals surface area contributed by atoms with E-state index in [1.807, 2.05) is 0 Å². The van der Waals surface area contributed by atoms with Gasteiger partial charge in [0.25, 0.3) is 0 Å². The molecular weight excluding hydrogens is 299 g/mol. The molecule has 1 aromatic rings. The van der Waals surface area contributed by atoms with E-state index in [2.05, 4.69) is 15.9 Å². The molecule has 0 spiro atoms. The average Bonchev–Trinajstić information content (AvgIpc) is 2.13. The monoisotopic (exact) mass is 303 g/mol. The van der Waals surface area contributed by atoms with Crippen molar-refractivity contribution < 1.29 is 21.6 Å². The van der Waals surface area contributed by atoms with Crippen LogP contribution in [-0.2, 0) is 10.0 Å². The highest BCUT2D eigenvalue weighted by molar-refractivity contribution is 9.10. The molecule has 0 unspecified atom stereocenters. The second-order valence-corrected chi connectivity index (χ2v) is 5.60. The largest absolute Gasteiger partial charge is 0.280 e. The Labute approximate surface area is 92.5 Å². The summed E-state index contributed by atoms with van der Waals surface area (Å²) in [7, 11) is -3.84. The Balaban J connectivity index is 3.16. The van der Waals surface area contributed by atoms with Gasteiger partial charge in [-0.05, 0) is 0 Å². The van der Waals surface area contributed by atoms with Crippen LogP contribution in [0.4, 0.5) is 18.9 Å². The van der Waals surface area contributed by atoms with Crippen molar-refractivity contribution >= 4 is 31.6 Å². The second kappa shape index (κ2) is 4.40. The summed E-state index contributed by atoms with van der Waals surface area (Å²) in [5, 5.41) is 0. The number of alkyl halides is 1. The summed E-state index contributed by atoms with van der Waals surface area (Å²) in [5.41, 5.74) is -0.757. The summed E-state index contributed by atoms with van der Waals surface area (Å²) < 4.78 is 61.4. The first kappa shape index (κ1) is 12.3. The van der Waals surface area contributed by atoms with Crippen LogP contribution in [0.1, 0.15) is 0 Å². The smallest absolute Gasteiger partial charge is 0.242 e. The minimum absolute atomic E-state index is 0.321. The fourth-order valence-electron chi connectivity index (χ4n) is 0.825. The van der Waals surface area contributed by atoms with Crippen molar-refractivity contribution in [1.82, 2.24) is 0 Å². The number of hydrogen-bond acceptors (Lipinski definition) is 2. The molecule has 0 aliphatic carbocycles. The Bertz CT molecular complexity index is 477. The van der Waals surface area contributed by atoms with Gasteiger partial charge in [0.1, 0.15) is 10.5 Å². The first-order valence-corrected chi connectivity index (χ1v) is 6.34. The minimum atomic E-state index is -3.84. The van der Waals surface area contributed by atoms with Gasteiger partial charge in [0.2, 0.25) is 10.0 Å². The Morgan fingerprint density at radius 2 is 1.87 bits per heavy atom. The Morgan fingerprint density at radius 3 is 2.40 bits per heavy atom. The standard InChI is InChI=1S/C7H5BrF3NO2S/c8-3-15(13,14)12-6-2-4(9)1-5(10)7(6)11/h1-2,12H,3H2. The zero-order valence-electron chi connectivity index (χ0n) is 7.10. The van der Waals surface area contributed by atoms with Gasteiger partial charge >= 0.3 is 0 Å². The SMILES string of the molecule is O=S(=O)(CBr)Nc1cc(F)cc(F)c1F. The molecule has 0 saturated carbocycles. The molecule has 0 saturated heterocycles. The third kappa shape index (κ3) is 3.10. The van der Waals surface area contributed by atoms with E-state index in [0.717, 1.165) is 0 Å². The normalized spacial score (nSPS) is 11.5. The van der Waals surface area contributed by atoms with Crippen LogP contribution < -0.4 is 4.72 Å². The lowest BCUT2D eigenvalue weighted by molar-refractivity contribution is 0.498. The number of benzene rings is 1. The van der Waals surface area contributed by atoms with E-state index in [9.17, 15) is 21.6 Å². The van der Waals surface area contributed by atoms with E-state index in [1.165, 1.54) is 0 Å². The van der Waals surface area contributed by atoms with Crippen LogP contribution in [0.3, 0.4) is 0 Å². The average molecular weight is 304 g/mol. The molecule has 8 heteroatoms. The lowest BCUT2D eigenvalue weighted by atomic mass is 10.3. The van der Waals surface area contributed by atoms with Crippen molar-refractivity contribution in [1.29, 1.82) is 0 Å². The Hall–Kier alpha value is -0.760. The van der Waals surface area contributed by atoms with Crippen LogP contribution in [0.5, 0.6) is 0 Å². The molecule has 1 rings (SSSR count). The van der Waals surface area contributed by atoms with Crippen LogP contribution in [0.25, 0.3) is 0 Å². The fraction of sp³-hybridized carbons (Fsp3) is 0.143. The van der Waals surface area contributed by atoms with E-state index in [1.54, 1.807) is 4.72 Å². The topological polar surface area (TPSA) is 46.2 Å². The molecule has 0 aliphatic rings. The molecule has 1 aromatic carbocycles. The molecule has 0 aromatic heterocycles. The van der Waals surface area contributed by atoms with Gasteiger partial charge in [-0.3, -0.25) is 4.72 Å². The van der Waals surface area contributed by atoms with Crippen molar-refractivity contribution in [2.75, 3.05) is 9.38 Å². The number of hydrogen-bond donors (Lipinski definition) is 1. The van der Waals surface area contributed by atoms with Crippen molar-refractivity contribution in [2.24, 2.45) is 0 Å². The zero-order valence-corrected chi connectivity index (χ0v) is 9.50. The quantitative estimate of drug-likeness (QED) is 0.687. The number of rotatable bonds is 3. The van der Waals surface area contributed by atoms with Gasteiger partial charge in [-0.1, -0.05) is 15.9 Å². The van der Waals surface area contributed by atoms with Crippen LogP contribution in [0.15, 0.2) is 12.1 Å². The molecular formula is C7H5BrF3NO2S. The maximum Gasteiger partial charge on any atom is 0.242 e. The summed E-state index contributed by atoms with van der Waals surface area (Å²) in [6.07, 6.45) is 0. The minimum Gasteiger partial charge on any atom is -0.280 e. The predicted molar refractivity (Wildman–Crippen MR) is 52.7 cm³/mol.